The minimum Gasteiger partial charge on any atom is -0.396 e. The number of aliphatic hydroxyl groups is 1. The minimum absolute atomic E-state index is 0.125. The maximum atomic E-state index is 13.1. The van der Waals surface area contributed by atoms with Gasteiger partial charge in [0.1, 0.15) is 0 Å². The number of likely N-dealkylation sites (tertiary alicyclic amines) is 1. The van der Waals surface area contributed by atoms with Crippen molar-refractivity contribution in [3.8, 4) is 0 Å². The molecule has 78 valence electrons. The average Bonchev–Trinajstić information content (AvgIpc) is 2.01. The molecule has 0 spiro atoms. The van der Waals surface area contributed by atoms with Crippen molar-refractivity contribution in [2.45, 2.75) is 32.2 Å². The fourth-order valence-electron chi connectivity index (χ4n) is 1.76. The standard InChI is InChI=1S/C9H17F2NO/c1-7(2)12-4-8(5-13)3-9(10,11)6-12/h7-8,13H,3-6H2,1-2H3. The third-order valence-electron chi connectivity index (χ3n) is 2.50. The van der Waals surface area contributed by atoms with Gasteiger partial charge < -0.3 is 5.11 Å². The van der Waals surface area contributed by atoms with Crippen molar-refractivity contribution in [1.29, 1.82) is 0 Å². The summed E-state index contributed by atoms with van der Waals surface area (Å²) in [7, 11) is 0. The molecule has 0 aromatic carbocycles. The molecule has 13 heavy (non-hydrogen) atoms. The maximum absolute atomic E-state index is 13.1. The van der Waals surface area contributed by atoms with Crippen molar-refractivity contribution in [2.75, 3.05) is 19.7 Å². The zero-order chi connectivity index (χ0) is 10.1. The molecule has 0 aromatic heterocycles. The van der Waals surface area contributed by atoms with Gasteiger partial charge in [0.15, 0.2) is 0 Å². The van der Waals surface area contributed by atoms with E-state index >= 15 is 0 Å². The van der Waals surface area contributed by atoms with Crippen LogP contribution in [0.1, 0.15) is 20.3 Å². The molecule has 0 saturated carbocycles. The Morgan fingerprint density at radius 3 is 2.62 bits per heavy atom. The van der Waals surface area contributed by atoms with Gasteiger partial charge in [-0.25, -0.2) is 8.78 Å². The van der Waals surface area contributed by atoms with Crippen LogP contribution in [0.2, 0.25) is 0 Å². The molecule has 1 N–H and O–H groups in total. The molecule has 1 aliphatic heterocycles. The highest BCUT2D eigenvalue weighted by molar-refractivity contribution is 4.85. The van der Waals surface area contributed by atoms with Crippen molar-refractivity contribution in [2.24, 2.45) is 5.92 Å². The molecule has 2 nitrogen and oxygen atoms in total. The molecule has 1 atom stereocenters. The van der Waals surface area contributed by atoms with E-state index < -0.39 is 5.92 Å². The van der Waals surface area contributed by atoms with Crippen molar-refractivity contribution in [3.05, 3.63) is 0 Å². The van der Waals surface area contributed by atoms with Crippen molar-refractivity contribution in [3.63, 3.8) is 0 Å². The maximum Gasteiger partial charge on any atom is 0.260 e. The van der Waals surface area contributed by atoms with Crippen LogP contribution < -0.4 is 0 Å². The van der Waals surface area contributed by atoms with Crippen molar-refractivity contribution in [1.82, 2.24) is 4.90 Å². The fourth-order valence-corrected chi connectivity index (χ4v) is 1.76. The molecule has 1 rings (SSSR count). The van der Waals surface area contributed by atoms with E-state index in [1.165, 1.54) is 0 Å². The van der Waals surface area contributed by atoms with Gasteiger partial charge in [-0.05, 0) is 13.8 Å². The number of aliphatic hydroxyl groups excluding tert-OH is 1. The quantitative estimate of drug-likeness (QED) is 0.715. The minimum atomic E-state index is -2.63. The summed E-state index contributed by atoms with van der Waals surface area (Å²) in [5.41, 5.74) is 0. The van der Waals surface area contributed by atoms with Crippen LogP contribution in [0.25, 0.3) is 0 Å². The van der Waals surface area contributed by atoms with Crippen LogP contribution in [-0.4, -0.2) is 41.7 Å². The molecule has 0 aliphatic carbocycles. The summed E-state index contributed by atoms with van der Waals surface area (Å²) in [6.45, 7) is 4.08. The number of halogens is 2. The highest BCUT2D eigenvalue weighted by Crippen LogP contribution is 2.30. The van der Waals surface area contributed by atoms with Crippen LogP contribution in [0.15, 0.2) is 0 Å². The molecule has 4 heteroatoms. The van der Waals surface area contributed by atoms with E-state index in [9.17, 15) is 8.78 Å². The topological polar surface area (TPSA) is 23.5 Å². The second-order valence-corrected chi connectivity index (χ2v) is 4.13. The Morgan fingerprint density at radius 2 is 2.15 bits per heavy atom. The van der Waals surface area contributed by atoms with Crippen LogP contribution in [-0.2, 0) is 0 Å². The lowest BCUT2D eigenvalue weighted by Crippen LogP contribution is -2.50. The second kappa shape index (κ2) is 3.88. The summed E-state index contributed by atoms with van der Waals surface area (Å²) in [4.78, 5) is 1.73. The third-order valence-corrected chi connectivity index (χ3v) is 2.50. The van der Waals surface area contributed by atoms with E-state index in [0.29, 0.717) is 6.54 Å². The van der Waals surface area contributed by atoms with E-state index in [2.05, 4.69) is 0 Å². The van der Waals surface area contributed by atoms with Crippen LogP contribution in [0, 0.1) is 5.92 Å². The van der Waals surface area contributed by atoms with E-state index in [1.54, 1.807) is 4.90 Å². The molecule has 0 amide bonds. The van der Waals surface area contributed by atoms with E-state index in [-0.39, 0.29) is 31.5 Å². The smallest absolute Gasteiger partial charge is 0.260 e. The lowest BCUT2D eigenvalue weighted by molar-refractivity contribution is -0.0991. The number of alkyl halides is 2. The highest BCUT2D eigenvalue weighted by Gasteiger charge is 2.40. The highest BCUT2D eigenvalue weighted by atomic mass is 19.3. The van der Waals surface area contributed by atoms with Crippen LogP contribution >= 0.6 is 0 Å². The Morgan fingerprint density at radius 1 is 1.54 bits per heavy atom. The second-order valence-electron chi connectivity index (χ2n) is 4.13. The lowest BCUT2D eigenvalue weighted by Gasteiger charge is -2.39. The number of hydrogen-bond acceptors (Lipinski definition) is 2. The summed E-state index contributed by atoms with van der Waals surface area (Å²) in [6, 6.07) is 0.125. The summed E-state index contributed by atoms with van der Waals surface area (Å²) < 4.78 is 26.2. The van der Waals surface area contributed by atoms with Gasteiger partial charge in [0.25, 0.3) is 5.92 Å². The van der Waals surface area contributed by atoms with Gasteiger partial charge in [0.05, 0.1) is 6.54 Å². The Balaban J connectivity index is 2.60. The van der Waals surface area contributed by atoms with Gasteiger partial charge in [0, 0.05) is 31.5 Å². The Labute approximate surface area is 77.5 Å². The van der Waals surface area contributed by atoms with Gasteiger partial charge in [-0.1, -0.05) is 0 Å². The van der Waals surface area contributed by atoms with Gasteiger partial charge >= 0.3 is 0 Å². The molecule has 0 aromatic rings. The first-order valence-corrected chi connectivity index (χ1v) is 4.67. The first kappa shape index (κ1) is 10.9. The molecule has 1 unspecified atom stereocenters. The SMILES string of the molecule is CC(C)N1CC(CO)CC(F)(F)C1. The number of piperidine rings is 1. The summed E-state index contributed by atoms with van der Waals surface area (Å²) in [5, 5.41) is 8.86. The first-order chi connectivity index (χ1) is 5.94. The fraction of sp³-hybridized carbons (Fsp3) is 1.00. The Hall–Kier alpha value is -0.220. The number of hydrogen-bond donors (Lipinski definition) is 1. The zero-order valence-corrected chi connectivity index (χ0v) is 8.13. The molecule has 1 fully saturated rings. The predicted molar refractivity (Wildman–Crippen MR) is 46.8 cm³/mol. The van der Waals surface area contributed by atoms with E-state index in [1.807, 2.05) is 13.8 Å². The van der Waals surface area contributed by atoms with Gasteiger partial charge in [-0.3, -0.25) is 4.90 Å². The molecular formula is C9H17F2NO. The van der Waals surface area contributed by atoms with E-state index in [0.717, 1.165) is 0 Å². The van der Waals surface area contributed by atoms with Gasteiger partial charge in [-0.2, -0.15) is 0 Å². The molecule has 1 heterocycles. The normalized spacial score (nSPS) is 29.5. The summed E-state index contributed by atoms with van der Waals surface area (Å²) >= 11 is 0. The third kappa shape index (κ3) is 2.88. The predicted octanol–water partition coefficient (Wildman–Crippen LogP) is 1.34. The molecule has 0 bridgehead atoms. The molecule has 0 radical (unpaired) electrons. The van der Waals surface area contributed by atoms with Gasteiger partial charge in [-0.15, -0.1) is 0 Å². The van der Waals surface area contributed by atoms with Crippen LogP contribution in [0.5, 0.6) is 0 Å². The first-order valence-electron chi connectivity index (χ1n) is 4.67. The van der Waals surface area contributed by atoms with E-state index in [4.69, 9.17) is 5.11 Å². The van der Waals surface area contributed by atoms with Gasteiger partial charge in [0.2, 0.25) is 0 Å². The Kier molecular flexibility index (Phi) is 3.24. The number of rotatable bonds is 2. The summed E-state index contributed by atoms with van der Waals surface area (Å²) in [6.07, 6.45) is -0.174. The monoisotopic (exact) mass is 193 g/mol. The average molecular weight is 193 g/mol. The lowest BCUT2D eigenvalue weighted by atomic mass is 9.95. The molecule has 1 aliphatic rings. The number of nitrogens with zero attached hydrogens (tertiary/aromatic N) is 1. The Bertz CT molecular complexity index is 173. The van der Waals surface area contributed by atoms with Crippen molar-refractivity contribution >= 4 is 0 Å². The molecular weight excluding hydrogens is 176 g/mol. The summed E-state index contributed by atoms with van der Waals surface area (Å²) in [5.74, 6) is -2.90. The van der Waals surface area contributed by atoms with Crippen LogP contribution in [0.3, 0.4) is 0 Å². The zero-order valence-electron chi connectivity index (χ0n) is 8.13. The van der Waals surface area contributed by atoms with Crippen LogP contribution in [0.4, 0.5) is 8.78 Å². The molecule has 1 saturated heterocycles. The van der Waals surface area contributed by atoms with Crippen molar-refractivity contribution < 1.29 is 13.9 Å². The largest absolute Gasteiger partial charge is 0.396 e.